The zero-order chi connectivity index (χ0) is 14.8. The molecular weight excluding hydrogens is 266 g/mol. The highest BCUT2D eigenvalue weighted by molar-refractivity contribution is 5.83. The molecule has 1 aromatic carbocycles. The van der Waals surface area contributed by atoms with Gasteiger partial charge in [0.25, 0.3) is 5.91 Å². The van der Waals surface area contributed by atoms with Gasteiger partial charge in [0.05, 0.1) is 12.1 Å². The molecule has 0 aromatic heterocycles. The largest absolute Gasteiger partial charge is 0.386 e. The molecule has 0 aliphatic rings. The van der Waals surface area contributed by atoms with E-state index < -0.39 is 35.6 Å². The van der Waals surface area contributed by atoms with Crippen molar-refractivity contribution in [2.75, 3.05) is 0 Å². The van der Waals surface area contributed by atoms with Gasteiger partial charge in [-0.1, -0.05) is 0 Å². The summed E-state index contributed by atoms with van der Waals surface area (Å²) in [5.74, 6) is -6.99. The maximum atomic E-state index is 12.9. The zero-order valence-electron chi connectivity index (χ0n) is 10.3. The van der Waals surface area contributed by atoms with Gasteiger partial charge in [0, 0.05) is 13.0 Å². The predicted octanol–water partition coefficient (Wildman–Crippen LogP) is 2.16. The summed E-state index contributed by atoms with van der Waals surface area (Å²) in [7, 11) is 0. The first-order valence-corrected chi connectivity index (χ1v) is 5.44. The molecule has 0 saturated heterocycles. The molecule has 106 valence electrons. The van der Waals surface area contributed by atoms with Crippen molar-refractivity contribution in [3.05, 3.63) is 35.4 Å². The van der Waals surface area contributed by atoms with Crippen LogP contribution in [0.15, 0.2) is 18.2 Å². The molecule has 2 N–H and O–H groups in total. The van der Waals surface area contributed by atoms with Crippen LogP contribution in [-0.2, 0) is 4.79 Å². The first kappa shape index (κ1) is 15.4. The molecule has 0 radical (unpaired) electrons. The molecule has 0 aliphatic heterocycles. The highest BCUT2D eigenvalue weighted by Crippen LogP contribution is 2.20. The Morgan fingerprint density at radius 3 is 2.16 bits per heavy atom. The number of carbonyl (C=O) groups is 1. The van der Waals surface area contributed by atoms with Gasteiger partial charge in [0.1, 0.15) is 11.6 Å². The average Bonchev–Trinajstić information content (AvgIpc) is 2.25. The SMILES string of the molecule is C[C@H](NC(=O)C(C)(F)F)[C@H](O)c1cc(F)cc(F)c1. The molecule has 1 rings (SSSR count). The predicted molar refractivity (Wildman–Crippen MR) is 59.5 cm³/mol. The number of hydrogen-bond donors (Lipinski definition) is 2. The van der Waals surface area contributed by atoms with Crippen LogP contribution in [0.5, 0.6) is 0 Å². The molecule has 0 aliphatic carbocycles. The molecule has 0 saturated carbocycles. The lowest BCUT2D eigenvalue weighted by Gasteiger charge is -2.22. The van der Waals surface area contributed by atoms with Crippen molar-refractivity contribution in [2.24, 2.45) is 0 Å². The van der Waals surface area contributed by atoms with E-state index in [9.17, 15) is 27.5 Å². The van der Waals surface area contributed by atoms with Gasteiger partial charge >= 0.3 is 5.92 Å². The summed E-state index contributed by atoms with van der Waals surface area (Å²) in [5, 5.41) is 11.6. The molecule has 0 fully saturated rings. The molecule has 3 nitrogen and oxygen atoms in total. The van der Waals surface area contributed by atoms with Crippen molar-refractivity contribution in [1.82, 2.24) is 5.32 Å². The minimum absolute atomic E-state index is 0.148. The Hall–Kier alpha value is -1.63. The topological polar surface area (TPSA) is 49.3 Å². The summed E-state index contributed by atoms with van der Waals surface area (Å²) in [4.78, 5) is 11.0. The van der Waals surface area contributed by atoms with Gasteiger partial charge in [-0.2, -0.15) is 8.78 Å². The Morgan fingerprint density at radius 2 is 1.74 bits per heavy atom. The standard InChI is InChI=1S/C12H13F4NO2/c1-6(17-11(19)12(2,15)16)10(18)7-3-8(13)5-9(14)4-7/h3-6,10,18H,1-2H3,(H,17,19)/t6-,10-/m0/s1. The molecule has 0 spiro atoms. The monoisotopic (exact) mass is 279 g/mol. The number of amides is 1. The summed E-state index contributed by atoms with van der Waals surface area (Å²) in [6.07, 6.45) is -1.50. The summed E-state index contributed by atoms with van der Waals surface area (Å²) >= 11 is 0. The van der Waals surface area contributed by atoms with E-state index in [1.54, 1.807) is 0 Å². The van der Waals surface area contributed by atoms with Gasteiger partial charge in [-0.05, 0) is 24.6 Å². The zero-order valence-corrected chi connectivity index (χ0v) is 10.3. The van der Waals surface area contributed by atoms with Crippen LogP contribution in [0.2, 0.25) is 0 Å². The number of aliphatic hydroxyl groups excluding tert-OH is 1. The van der Waals surface area contributed by atoms with Crippen molar-refractivity contribution in [3.63, 3.8) is 0 Å². The number of alkyl halides is 2. The number of nitrogens with one attached hydrogen (secondary N) is 1. The lowest BCUT2D eigenvalue weighted by Crippen LogP contribution is -2.44. The first-order valence-electron chi connectivity index (χ1n) is 5.44. The number of rotatable bonds is 4. The quantitative estimate of drug-likeness (QED) is 0.830. The Balaban J connectivity index is 2.82. The Bertz CT molecular complexity index is 453. The highest BCUT2D eigenvalue weighted by Gasteiger charge is 2.34. The molecular formula is C12H13F4NO2. The van der Waals surface area contributed by atoms with E-state index in [0.717, 1.165) is 12.1 Å². The van der Waals surface area contributed by atoms with E-state index in [2.05, 4.69) is 0 Å². The van der Waals surface area contributed by atoms with Crippen LogP contribution in [0.25, 0.3) is 0 Å². The molecule has 1 aromatic rings. The Morgan fingerprint density at radius 1 is 1.26 bits per heavy atom. The molecule has 2 atom stereocenters. The van der Waals surface area contributed by atoms with Crippen molar-refractivity contribution in [1.29, 1.82) is 0 Å². The second-order valence-electron chi connectivity index (χ2n) is 4.30. The third-order valence-corrected chi connectivity index (χ3v) is 2.46. The van der Waals surface area contributed by atoms with E-state index >= 15 is 0 Å². The van der Waals surface area contributed by atoms with Gasteiger partial charge in [-0.25, -0.2) is 8.78 Å². The van der Waals surface area contributed by atoms with Gasteiger partial charge in [0.2, 0.25) is 0 Å². The van der Waals surface area contributed by atoms with Crippen LogP contribution < -0.4 is 5.32 Å². The van der Waals surface area contributed by atoms with Crippen molar-refractivity contribution >= 4 is 5.91 Å². The first-order chi connectivity index (χ1) is 8.61. The summed E-state index contributed by atoms with van der Waals surface area (Å²) in [6, 6.07) is 1.21. The van der Waals surface area contributed by atoms with Crippen molar-refractivity contribution in [2.45, 2.75) is 31.9 Å². The van der Waals surface area contributed by atoms with Crippen molar-refractivity contribution in [3.8, 4) is 0 Å². The second-order valence-corrected chi connectivity index (χ2v) is 4.30. The van der Waals surface area contributed by atoms with Crippen LogP contribution in [-0.4, -0.2) is 23.0 Å². The number of carbonyl (C=O) groups excluding carboxylic acids is 1. The van der Waals surface area contributed by atoms with Crippen molar-refractivity contribution < 1.29 is 27.5 Å². The number of halogens is 4. The maximum Gasteiger partial charge on any atom is 0.321 e. The van der Waals surface area contributed by atoms with Gasteiger partial charge in [-0.15, -0.1) is 0 Å². The molecule has 0 bridgehead atoms. The minimum Gasteiger partial charge on any atom is -0.386 e. The van der Waals surface area contributed by atoms with Crippen LogP contribution in [0.1, 0.15) is 25.5 Å². The normalized spacial score (nSPS) is 14.9. The molecule has 7 heteroatoms. The van der Waals surface area contributed by atoms with Crippen LogP contribution >= 0.6 is 0 Å². The lowest BCUT2D eigenvalue weighted by atomic mass is 10.0. The maximum absolute atomic E-state index is 12.9. The summed E-state index contributed by atoms with van der Waals surface area (Å²) in [5.41, 5.74) is -0.148. The smallest absolute Gasteiger partial charge is 0.321 e. The average molecular weight is 279 g/mol. The fraction of sp³-hybridized carbons (Fsp3) is 0.417. The third kappa shape index (κ3) is 4.20. The second kappa shape index (κ2) is 5.56. The van der Waals surface area contributed by atoms with E-state index in [-0.39, 0.29) is 5.56 Å². The van der Waals surface area contributed by atoms with Crippen LogP contribution in [0.4, 0.5) is 17.6 Å². The Labute approximate surface area is 107 Å². The third-order valence-electron chi connectivity index (χ3n) is 2.46. The fourth-order valence-electron chi connectivity index (χ4n) is 1.45. The van der Waals surface area contributed by atoms with E-state index in [1.807, 2.05) is 5.32 Å². The molecule has 1 amide bonds. The number of aliphatic hydroxyl groups is 1. The molecule has 0 unspecified atom stereocenters. The van der Waals surface area contributed by atoms with Gasteiger partial charge in [0.15, 0.2) is 0 Å². The lowest BCUT2D eigenvalue weighted by molar-refractivity contribution is -0.144. The molecule has 19 heavy (non-hydrogen) atoms. The van der Waals surface area contributed by atoms with E-state index in [4.69, 9.17) is 0 Å². The Kier molecular flexibility index (Phi) is 4.52. The summed E-state index contributed by atoms with van der Waals surface area (Å²) < 4.78 is 51.2. The summed E-state index contributed by atoms with van der Waals surface area (Å²) in [6.45, 7) is 1.65. The van der Waals surface area contributed by atoms with Crippen LogP contribution in [0.3, 0.4) is 0 Å². The van der Waals surface area contributed by atoms with E-state index in [1.165, 1.54) is 6.92 Å². The number of benzene rings is 1. The fourth-order valence-corrected chi connectivity index (χ4v) is 1.45. The van der Waals surface area contributed by atoms with Crippen LogP contribution in [0, 0.1) is 11.6 Å². The highest BCUT2D eigenvalue weighted by atomic mass is 19.3. The van der Waals surface area contributed by atoms with Gasteiger partial charge < -0.3 is 10.4 Å². The van der Waals surface area contributed by atoms with Gasteiger partial charge in [-0.3, -0.25) is 4.79 Å². The molecule has 0 heterocycles. The van der Waals surface area contributed by atoms with E-state index in [0.29, 0.717) is 13.0 Å². The minimum atomic E-state index is -3.60. The number of hydrogen-bond acceptors (Lipinski definition) is 2.